The van der Waals surface area contributed by atoms with E-state index in [1.165, 1.54) is 44.1 Å². The molecule has 3 heteroatoms. The third-order valence-electron chi connectivity index (χ3n) is 6.87. The van der Waals surface area contributed by atoms with Crippen LogP contribution < -0.4 is 10.1 Å². The first-order valence-corrected chi connectivity index (χ1v) is 9.28. The molecule has 0 saturated heterocycles. The molecule has 0 amide bonds. The van der Waals surface area contributed by atoms with Crippen LogP contribution in [-0.4, -0.2) is 24.9 Å². The van der Waals surface area contributed by atoms with Crippen molar-refractivity contribution in [1.29, 1.82) is 0 Å². The number of hydrogen-bond donors (Lipinski definition) is 2. The van der Waals surface area contributed by atoms with Gasteiger partial charge >= 0.3 is 0 Å². The number of quaternary nitrogens is 1. The number of ether oxygens (including phenoxy) is 1. The first-order valence-electron chi connectivity index (χ1n) is 9.28. The predicted molar refractivity (Wildman–Crippen MR) is 90.1 cm³/mol. The van der Waals surface area contributed by atoms with Crippen LogP contribution in [-0.2, 0) is 6.54 Å². The van der Waals surface area contributed by atoms with Crippen molar-refractivity contribution in [3.63, 3.8) is 0 Å². The maximum absolute atomic E-state index is 10.1. The first-order chi connectivity index (χ1) is 11.2. The van der Waals surface area contributed by atoms with Crippen LogP contribution in [0.4, 0.5) is 0 Å². The van der Waals surface area contributed by atoms with Gasteiger partial charge in [-0.2, -0.15) is 0 Å². The van der Waals surface area contributed by atoms with Gasteiger partial charge in [-0.15, -0.1) is 0 Å². The fourth-order valence-corrected chi connectivity index (χ4v) is 6.19. The number of methoxy groups -OCH3 is 1. The largest absolute Gasteiger partial charge is 0.497 e. The predicted octanol–water partition coefficient (Wildman–Crippen LogP) is 2.34. The van der Waals surface area contributed by atoms with Crippen LogP contribution in [0.1, 0.15) is 44.1 Å². The third-order valence-corrected chi connectivity index (χ3v) is 6.87. The topological polar surface area (TPSA) is 46.1 Å². The van der Waals surface area contributed by atoms with Crippen molar-refractivity contribution < 1.29 is 15.2 Å². The van der Waals surface area contributed by atoms with Crippen LogP contribution in [0, 0.1) is 23.2 Å². The molecule has 0 spiro atoms. The highest BCUT2D eigenvalue weighted by Crippen LogP contribution is 2.60. The van der Waals surface area contributed by atoms with Gasteiger partial charge in [-0.1, -0.05) is 0 Å². The summed E-state index contributed by atoms with van der Waals surface area (Å²) in [6, 6.07) is 8.72. The Hall–Kier alpha value is -1.06. The van der Waals surface area contributed by atoms with E-state index >= 15 is 0 Å². The zero-order valence-corrected chi connectivity index (χ0v) is 14.2. The first kappa shape index (κ1) is 15.5. The highest BCUT2D eigenvalue weighted by Gasteiger charge is 2.55. The van der Waals surface area contributed by atoms with Gasteiger partial charge in [0.25, 0.3) is 0 Å². The quantitative estimate of drug-likeness (QED) is 0.846. The molecule has 1 aromatic rings. The molecule has 4 aliphatic rings. The van der Waals surface area contributed by atoms with Crippen LogP contribution in [0.15, 0.2) is 24.3 Å². The highest BCUT2D eigenvalue weighted by atomic mass is 16.5. The molecule has 0 heterocycles. The van der Waals surface area contributed by atoms with Crippen LogP contribution in [0.3, 0.4) is 0 Å². The standard InChI is InChI=1S/C20H29NO2/c1-23-18-4-2-14(3-5-18)12-21-19(13-22)20-9-15-6-16(10-20)8-17(7-15)11-20/h2-5,15-17,19,21-22H,6-13H2,1H3/p+1/t15?,16?,17?,19-,20?/m1/s1. The van der Waals surface area contributed by atoms with E-state index in [9.17, 15) is 5.11 Å². The summed E-state index contributed by atoms with van der Waals surface area (Å²) >= 11 is 0. The second-order valence-corrected chi connectivity index (χ2v) is 8.36. The van der Waals surface area contributed by atoms with Crippen LogP contribution in [0.2, 0.25) is 0 Å². The molecular weight excluding hydrogens is 286 g/mol. The van der Waals surface area contributed by atoms with E-state index in [1.54, 1.807) is 7.11 Å². The number of rotatable bonds is 6. The van der Waals surface area contributed by atoms with Crippen LogP contribution in [0.25, 0.3) is 0 Å². The van der Waals surface area contributed by atoms with Gasteiger partial charge in [0, 0.05) is 11.0 Å². The van der Waals surface area contributed by atoms with E-state index in [1.807, 2.05) is 12.1 Å². The maximum Gasteiger partial charge on any atom is 0.118 e. The molecule has 3 N–H and O–H groups in total. The number of hydrogen-bond acceptors (Lipinski definition) is 2. The van der Waals surface area contributed by atoms with Crippen molar-refractivity contribution in [2.45, 2.75) is 51.1 Å². The summed E-state index contributed by atoms with van der Waals surface area (Å²) in [5.41, 5.74) is 1.73. The van der Waals surface area contributed by atoms with Crippen LogP contribution >= 0.6 is 0 Å². The number of aliphatic hydroxyl groups excluding tert-OH is 1. The smallest absolute Gasteiger partial charge is 0.118 e. The van der Waals surface area contributed by atoms with Gasteiger partial charge in [0.1, 0.15) is 18.3 Å². The summed E-state index contributed by atoms with van der Waals surface area (Å²) in [7, 11) is 1.70. The van der Waals surface area contributed by atoms with Gasteiger partial charge in [0.15, 0.2) is 0 Å². The molecule has 1 aromatic carbocycles. The lowest BCUT2D eigenvalue weighted by molar-refractivity contribution is -0.721. The van der Waals surface area contributed by atoms with Gasteiger partial charge in [-0.25, -0.2) is 0 Å². The Kier molecular flexibility index (Phi) is 4.10. The third kappa shape index (κ3) is 2.89. The normalized spacial score (nSPS) is 36.2. The summed E-state index contributed by atoms with van der Waals surface area (Å²) in [6.07, 6.45) is 8.50. The second kappa shape index (κ2) is 6.10. The Labute approximate surface area is 139 Å². The Morgan fingerprint density at radius 2 is 1.65 bits per heavy atom. The van der Waals surface area contributed by atoms with Gasteiger partial charge in [-0.3, -0.25) is 0 Å². The van der Waals surface area contributed by atoms with Crippen molar-refractivity contribution in [2.24, 2.45) is 23.2 Å². The van der Waals surface area contributed by atoms with Gasteiger partial charge in [0.2, 0.25) is 0 Å². The molecule has 23 heavy (non-hydrogen) atoms. The van der Waals surface area contributed by atoms with Crippen molar-refractivity contribution in [3.05, 3.63) is 29.8 Å². The molecule has 126 valence electrons. The fourth-order valence-electron chi connectivity index (χ4n) is 6.19. The summed E-state index contributed by atoms with van der Waals surface area (Å²) in [5.74, 6) is 3.76. The highest BCUT2D eigenvalue weighted by molar-refractivity contribution is 5.26. The van der Waals surface area contributed by atoms with Crippen molar-refractivity contribution in [1.82, 2.24) is 0 Å². The molecule has 3 nitrogen and oxygen atoms in total. The average molecular weight is 316 g/mol. The summed E-state index contributed by atoms with van der Waals surface area (Å²) in [6.45, 7) is 1.28. The molecule has 1 atom stereocenters. The molecule has 4 bridgehead atoms. The molecule has 0 aliphatic heterocycles. The molecule has 4 fully saturated rings. The minimum Gasteiger partial charge on any atom is -0.497 e. The number of aliphatic hydroxyl groups is 1. The van der Waals surface area contributed by atoms with Crippen molar-refractivity contribution in [3.8, 4) is 5.75 Å². The molecular formula is C20H30NO2+. The lowest BCUT2D eigenvalue weighted by Crippen LogP contribution is -2.93. The Morgan fingerprint density at radius 3 is 2.13 bits per heavy atom. The molecule has 0 radical (unpaired) electrons. The van der Waals surface area contributed by atoms with Crippen LogP contribution in [0.5, 0.6) is 5.75 Å². The fraction of sp³-hybridized carbons (Fsp3) is 0.700. The zero-order valence-electron chi connectivity index (χ0n) is 14.2. The Balaban J connectivity index is 1.44. The SMILES string of the molecule is COc1ccc(C[NH2+][C@H](CO)C23CC4CC(CC(C4)C2)C3)cc1. The lowest BCUT2D eigenvalue weighted by atomic mass is 9.47. The van der Waals surface area contributed by atoms with E-state index in [2.05, 4.69) is 17.4 Å². The van der Waals surface area contributed by atoms with Gasteiger partial charge in [0.05, 0.1) is 13.7 Å². The van der Waals surface area contributed by atoms with E-state index in [-0.39, 0.29) is 0 Å². The number of nitrogens with two attached hydrogens (primary N) is 1. The summed E-state index contributed by atoms with van der Waals surface area (Å²) < 4.78 is 5.23. The van der Waals surface area contributed by atoms with E-state index in [0.717, 1.165) is 30.0 Å². The Bertz CT molecular complexity index is 504. The van der Waals surface area contributed by atoms with E-state index in [0.29, 0.717) is 18.1 Å². The van der Waals surface area contributed by atoms with E-state index in [4.69, 9.17) is 4.74 Å². The minimum atomic E-state index is 0.322. The molecule has 4 saturated carbocycles. The summed E-state index contributed by atoms with van der Waals surface area (Å²) in [4.78, 5) is 0. The van der Waals surface area contributed by atoms with Crippen molar-refractivity contribution in [2.75, 3.05) is 13.7 Å². The number of benzene rings is 1. The van der Waals surface area contributed by atoms with Gasteiger partial charge < -0.3 is 15.2 Å². The summed E-state index contributed by atoms with van der Waals surface area (Å²) in [5, 5.41) is 12.5. The molecule has 4 aliphatic carbocycles. The van der Waals surface area contributed by atoms with Crippen molar-refractivity contribution >= 4 is 0 Å². The molecule has 5 rings (SSSR count). The van der Waals surface area contributed by atoms with E-state index < -0.39 is 0 Å². The second-order valence-electron chi connectivity index (χ2n) is 8.36. The van der Waals surface area contributed by atoms with Gasteiger partial charge in [-0.05, 0) is 80.5 Å². The average Bonchev–Trinajstić information content (AvgIpc) is 2.54. The monoisotopic (exact) mass is 316 g/mol. The Morgan fingerprint density at radius 1 is 1.09 bits per heavy atom. The minimum absolute atomic E-state index is 0.322. The zero-order chi connectivity index (χ0) is 15.9. The lowest BCUT2D eigenvalue weighted by Gasteiger charge is -2.58. The molecule has 0 aromatic heterocycles. The molecule has 0 unspecified atom stereocenters. The maximum atomic E-state index is 10.1.